The van der Waals surface area contributed by atoms with Gasteiger partial charge in [-0.05, 0) is 25.0 Å². The first kappa shape index (κ1) is 11.6. The number of carboxylic acids is 1. The SMILES string of the molecule is Cc1nc(N2CCc3ccccc32)ncc1C(=O)O. The summed E-state index contributed by atoms with van der Waals surface area (Å²) in [6, 6.07) is 8.12. The third kappa shape index (κ3) is 1.93. The van der Waals surface area contributed by atoms with Crippen LogP contribution in [0.2, 0.25) is 0 Å². The van der Waals surface area contributed by atoms with Gasteiger partial charge in [0.15, 0.2) is 0 Å². The number of fused-ring (bicyclic) bond motifs is 1. The molecule has 5 nitrogen and oxygen atoms in total. The molecule has 1 aliphatic rings. The van der Waals surface area contributed by atoms with Crippen LogP contribution in [0.25, 0.3) is 0 Å². The Bertz CT molecular complexity index is 655. The molecule has 0 saturated heterocycles. The normalized spacial score (nSPS) is 13.4. The van der Waals surface area contributed by atoms with Crippen molar-refractivity contribution < 1.29 is 9.90 Å². The highest BCUT2D eigenvalue weighted by molar-refractivity contribution is 5.88. The van der Waals surface area contributed by atoms with Crippen molar-refractivity contribution >= 4 is 17.6 Å². The van der Waals surface area contributed by atoms with Crippen LogP contribution in [-0.2, 0) is 6.42 Å². The van der Waals surface area contributed by atoms with E-state index in [1.165, 1.54) is 11.8 Å². The van der Waals surface area contributed by atoms with Crippen molar-refractivity contribution in [1.82, 2.24) is 9.97 Å². The smallest absolute Gasteiger partial charge is 0.339 e. The lowest BCUT2D eigenvalue weighted by atomic mass is 10.2. The first-order valence-corrected chi connectivity index (χ1v) is 6.09. The van der Waals surface area contributed by atoms with Gasteiger partial charge in [0.2, 0.25) is 5.95 Å². The Hall–Kier alpha value is -2.43. The average Bonchev–Trinajstić information content (AvgIpc) is 2.82. The molecule has 2 heterocycles. The number of hydrogen-bond acceptors (Lipinski definition) is 4. The zero-order valence-electron chi connectivity index (χ0n) is 10.5. The lowest BCUT2D eigenvalue weighted by Gasteiger charge is -2.17. The molecule has 3 rings (SSSR count). The monoisotopic (exact) mass is 255 g/mol. The minimum atomic E-state index is -0.995. The Morgan fingerprint density at radius 1 is 1.37 bits per heavy atom. The van der Waals surface area contributed by atoms with Crippen molar-refractivity contribution in [2.75, 3.05) is 11.4 Å². The van der Waals surface area contributed by atoms with Gasteiger partial charge in [-0.3, -0.25) is 0 Å². The standard InChI is InChI=1S/C14H13N3O2/c1-9-11(13(18)19)8-15-14(16-9)17-7-6-10-4-2-3-5-12(10)17/h2-5,8H,6-7H2,1H3,(H,18,19). The molecule has 0 radical (unpaired) electrons. The fourth-order valence-corrected chi connectivity index (χ4v) is 2.34. The van der Waals surface area contributed by atoms with Gasteiger partial charge in [0.1, 0.15) is 0 Å². The number of aryl methyl sites for hydroxylation is 1. The Morgan fingerprint density at radius 3 is 2.89 bits per heavy atom. The zero-order valence-corrected chi connectivity index (χ0v) is 10.5. The molecule has 5 heteroatoms. The highest BCUT2D eigenvalue weighted by Gasteiger charge is 2.22. The van der Waals surface area contributed by atoms with E-state index in [0.717, 1.165) is 18.7 Å². The van der Waals surface area contributed by atoms with Crippen molar-refractivity contribution in [2.45, 2.75) is 13.3 Å². The molecule has 0 spiro atoms. The largest absolute Gasteiger partial charge is 0.478 e. The molecule has 2 aromatic rings. The van der Waals surface area contributed by atoms with E-state index in [0.29, 0.717) is 11.6 Å². The van der Waals surface area contributed by atoms with E-state index in [2.05, 4.69) is 16.0 Å². The van der Waals surface area contributed by atoms with Gasteiger partial charge in [0.25, 0.3) is 0 Å². The number of rotatable bonds is 2. The van der Waals surface area contributed by atoms with Crippen LogP contribution in [0.5, 0.6) is 0 Å². The maximum absolute atomic E-state index is 11.0. The van der Waals surface area contributed by atoms with Crippen molar-refractivity contribution in [1.29, 1.82) is 0 Å². The van der Waals surface area contributed by atoms with E-state index in [1.807, 2.05) is 23.1 Å². The Labute approximate surface area is 110 Å². The maximum atomic E-state index is 11.0. The molecule has 1 aromatic heterocycles. The maximum Gasteiger partial charge on any atom is 0.339 e. The van der Waals surface area contributed by atoms with E-state index in [4.69, 9.17) is 5.11 Å². The van der Waals surface area contributed by atoms with Crippen LogP contribution in [0.15, 0.2) is 30.5 Å². The number of carboxylic acid groups (broad SMARTS) is 1. The lowest BCUT2D eigenvalue weighted by Crippen LogP contribution is -2.18. The summed E-state index contributed by atoms with van der Waals surface area (Å²) in [5.41, 5.74) is 3.01. The van der Waals surface area contributed by atoms with Crippen molar-refractivity contribution in [3.05, 3.63) is 47.3 Å². The number of aromatic carboxylic acids is 1. The lowest BCUT2D eigenvalue weighted by molar-refractivity contribution is 0.0695. The second-order valence-corrected chi connectivity index (χ2v) is 4.50. The van der Waals surface area contributed by atoms with Gasteiger partial charge in [-0.2, -0.15) is 0 Å². The molecule has 0 aliphatic carbocycles. The molecule has 0 unspecified atom stereocenters. The van der Waals surface area contributed by atoms with E-state index in [9.17, 15) is 4.79 Å². The first-order valence-electron chi connectivity index (χ1n) is 6.09. The van der Waals surface area contributed by atoms with Crippen molar-refractivity contribution in [3.63, 3.8) is 0 Å². The molecule has 19 heavy (non-hydrogen) atoms. The molecular formula is C14H13N3O2. The number of carbonyl (C=O) groups is 1. The number of hydrogen-bond donors (Lipinski definition) is 1. The third-order valence-corrected chi connectivity index (χ3v) is 3.33. The van der Waals surface area contributed by atoms with Gasteiger partial charge in [0.05, 0.1) is 11.3 Å². The number of nitrogens with zero attached hydrogens (tertiary/aromatic N) is 3. The highest BCUT2D eigenvalue weighted by Crippen LogP contribution is 2.32. The van der Waals surface area contributed by atoms with E-state index in [-0.39, 0.29) is 5.56 Å². The summed E-state index contributed by atoms with van der Waals surface area (Å²) in [6.45, 7) is 2.52. The van der Waals surface area contributed by atoms with Gasteiger partial charge >= 0.3 is 5.97 Å². The molecule has 1 aliphatic heterocycles. The topological polar surface area (TPSA) is 66.3 Å². The van der Waals surface area contributed by atoms with Crippen LogP contribution in [0.1, 0.15) is 21.6 Å². The summed E-state index contributed by atoms with van der Waals surface area (Å²) in [7, 11) is 0. The summed E-state index contributed by atoms with van der Waals surface area (Å²) in [5.74, 6) is -0.432. The van der Waals surface area contributed by atoms with Crippen LogP contribution in [0.3, 0.4) is 0 Å². The summed E-state index contributed by atoms with van der Waals surface area (Å²) >= 11 is 0. The van der Waals surface area contributed by atoms with Crippen LogP contribution >= 0.6 is 0 Å². The van der Waals surface area contributed by atoms with E-state index >= 15 is 0 Å². The molecule has 1 N–H and O–H groups in total. The first-order chi connectivity index (χ1) is 9.16. The van der Waals surface area contributed by atoms with Crippen LogP contribution in [-0.4, -0.2) is 27.6 Å². The summed E-state index contributed by atoms with van der Waals surface area (Å²) in [5, 5.41) is 8.99. The minimum Gasteiger partial charge on any atom is -0.478 e. The molecule has 0 saturated carbocycles. The number of para-hydroxylation sites is 1. The second-order valence-electron chi connectivity index (χ2n) is 4.50. The summed E-state index contributed by atoms with van der Waals surface area (Å²) < 4.78 is 0. The van der Waals surface area contributed by atoms with Gasteiger partial charge in [0, 0.05) is 18.4 Å². The highest BCUT2D eigenvalue weighted by atomic mass is 16.4. The van der Waals surface area contributed by atoms with Gasteiger partial charge in [-0.25, -0.2) is 14.8 Å². The summed E-state index contributed by atoms with van der Waals surface area (Å²) in [6.07, 6.45) is 2.33. The summed E-state index contributed by atoms with van der Waals surface area (Å²) in [4.78, 5) is 21.5. The number of aromatic nitrogens is 2. The molecule has 0 bridgehead atoms. The van der Waals surface area contributed by atoms with Crippen molar-refractivity contribution in [3.8, 4) is 0 Å². The predicted octanol–water partition coefficient (Wildman–Crippen LogP) is 2.18. The second kappa shape index (κ2) is 4.35. The number of benzene rings is 1. The Kier molecular flexibility index (Phi) is 2.67. The molecule has 0 atom stereocenters. The Morgan fingerprint density at radius 2 is 2.16 bits per heavy atom. The van der Waals surface area contributed by atoms with Gasteiger partial charge in [-0.1, -0.05) is 18.2 Å². The van der Waals surface area contributed by atoms with Crippen molar-refractivity contribution in [2.24, 2.45) is 0 Å². The van der Waals surface area contributed by atoms with Crippen LogP contribution in [0.4, 0.5) is 11.6 Å². The molecule has 96 valence electrons. The zero-order chi connectivity index (χ0) is 13.4. The fourth-order valence-electron chi connectivity index (χ4n) is 2.34. The quantitative estimate of drug-likeness (QED) is 0.890. The van der Waals surface area contributed by atoms with Crippen LogP contribution < -0.4 is 4.90 Å². The minimum absolute atomic E-state index is 0.149. The van der Waals surface area contributed by atoms with E-state index in [1.54, 1.807) is 6.92 Å². The fraction of sp³-hybridized carbons (Fsp3) is 0.214. The molecule has 0 amide bonds. The van der Waals surface area contributed by atoms with Gasteiger partial charge < -0.3 is 10.0 Å². The predicted molar refractivity (Wildman–Crippen MR) is 70.9 cm³/mol. The molecular weight excluding hydrogens is 242 g/mol. The Balaban J connectivity index is 2.01. The molecule has 0 fully saturated rings. The van der Waals surface area contributed by atoms with Crippen LogP contribution in [0, 0.1) is 6.92 Å². The third-order valence-electron chi connectivity index (χ3n) is 3.33. The molecule has 1 aromatic carbocycles. The van der Waals surface area contributed by atoms with E-state index < -0.39 is 5.97 Å². The average molecular weight is 255 g/mol. The van der Waals surface area contributed by atoms with Gasteiger partial charge in [-0.15, -0.1) is 0 Å². The number of anilines is 2.